The molecular weight excluding hydrogens is 220 g/mol. The average molecular weight is 233 g/mol. The van der Waals surface area contributed by atoms with E-state index in [0.29, 0.717) is 0 Å². The second-order valence-electron chi connectivity index (χ2n) is 3.78. The van der Waals surface area contributed by atoms with Crippen molar-refractivity contribution >= 4 is 18.1 Å². The summed E-state index contributed by atoms with van der Waals surface area (Å²) in [5.41, 5.74) is 5.22. The molecule has 0 amide bonds. The van der Waals surface area contributed by atoms with Crippen molar-refractivity contribution in [3.63, 3.8) is 0 Å². The number of nitrogens with one attached hydrogen (secondary N) is 1. The van der Waals surface area contributed by atoms with Crippen molar-refractivity contribution in [2.75, 3.05) is 11.9 Å². The molecule has 0 unspecified atom stereocenters. The Morgan fingerprint density at radius 2 is 1.81 bits per heavy atom. The zero-order valence-corrected chi connectivity index (χ0v) is 9.63. The van der Waals surface area contributed by atoms with Gasteiger partial charge in [0.15, 0.2) is 0 Å². The molecular formula is C13H13ClN2. The van der Waals surface area contributed by atoms with Crippen LogP contribution in [0.5, 0.6) is 0 Å². The topological polar surface area (TPSA) is 24.9 Å². The van der Waals surface area contributed by atoms with E-state index in [0.717, 1.165) is 13.0 Å². The smallest absolute Gasteiger partial charge is 0.0373 e. The van der Waals surface area contributed by atoms with Crippen LogP contribution >= 0.6 is 12.4 Å². The molecule has 1 aliphatic rings. The summed E-state index contributed by atoms with van der Waals surface area (Å²) in [6.45, 7) is 1.06. The normalized spacial score (nSPS) is 12.5. The summed E-state index contributed by atoms with van der Waals surface area (Å²) in [5, 5.41) is 3.37. The Morgan fingerprint density at radius 3 is 2.62 bits per heavy atom. The minimum Gasteiger partial charge on any atom is -0.384 e. The van der Waals surface area contributed by atoms with Crippen molar-refractivity contribution in [3.05, 3.63) is 48.3 Å². The molecule has 0 aliphatic carbocycles. The first-order chi connectivity index (χ1) is 7.43. The molecule has 1 aromatic heterocycles. The second-order valence-corrected chi connectivity index (χ2v) is 3.78. The van der Waals surface area contributed by atoms with Gasteiger partial charge in [0, 0.05) is 24.6 Å². The van der Waals surface area contributed by atoms with Crippen LogP contribution in [0, 0.1) is 0 Å². The van der Waals surface area contributed by atoms with Gasteiger partial charge < -0.3 is 5.32 Å². The summed E-state index contributed by atoms with van der Waals surface area (Å²) in [5.74, 6) is 0. The lowest BCUT2D eigenvalue weighted by Gasteiger charge is -2.04. The zero-order chi connectivity index (χ0) is 10.1. The lowest BCUT2D eigenvalue weighted by molar-refractivity contribution is 1.11. The number of benzene rings is 1. The predicted octanol–water partition coefficient (Wildman–Crippen LogP) is 3.14. The van der Waals surface area contributed by atoms with Crippen molar-refractivity contribution in [2.24, 2.45) is 0 Å². The Labute approximate surface area is 101 Å². The van der Waals surface area contributed by atoms with Crippen LogP contribution in [0.1, 0.15) is 5.56 Å². The van der Waals surface area contributed by atoms with Crippen LogP contribution in [0.3, 0.4) is 0 Å². The van der Waals surface area contributed by atoms with Crippen molar-refractivity contribution in [2.45, 2.75) is 6.42 Å². The summed E-state index contributed by atoms with van der Waals surface area (Å²) < 4.78 is 0. The Bertz CT molecular complexity index is 483. The Balaban J connectivity index is 0.000000963. The van der Waals surface area contributed by atoms with Gasteiger partial charge in [0.1, 0.15) is 0 Å². The van der Waals surface area contributed by atoms with E-state index in [1.54, 1.807) is 0 Å². The van der Waals surface area contributed by atoms with Gasteiger partial charge in [0.25, 0.3) is 0 Å². The zero-order valence-electron chi connectivity index (χ0n) is 8.81. The molecule has 3 rings (SSSR count). The molecule has 2 nitrogen and oxygen atoms in total. The van der Waals surface area contributed by atoms with E-state index < -0.39 is 0 Å². The van der Waals surface area contributed by atoms with Crippen molar-refractivity contribution in [1.82, 2.24) is 4.98 Å². The fourth-order valence-electron chi connectivity index (χ4n) is 2.03. The van der Waals surface area contributed by atoms with Gasteiger partial charge in [0.05, 0.1) is 0 Å². The van der Waals surface area contributed by atoms with Gasteiger partial charge in [0.2, 0.25) is 0 Å². The maximum absolute atomic E-state index is 4.03. The van der Waals surface area contributed by atoms with Crippen LogP contribution < -0.4 is 5.32 Å². The quantitative estimate of drug-likeness (QED) is 0.817. The van der Waals surface area contributed by atoms with E-state index in [4.69, 9.17) is 0 Å². The lowest BCUT2D eigenvalue weighted by atomic mass is 10.0. The number of nitrogens with zero attached hydrogens (tertiary/aromatic N) is 1. The van der Waals surface area contributed by atoms with Gasteiger partial charge >= 0.3 is 0 Å². The standard InChI is InChI=1S/C13H12N2.ClH/c1-2-13-12(5-8-15-13)9-11(1)10-3-6-14-7-4-10;/h1-4,6-7,9,15H,5,8H2;1H. The number of halogens is 1. The van der Waals surface area contributed by atoms with Gasteiger partial charge in [-0.05, 0) is 47.4 Å². The molecule has 0 spiro atoms. The summed E-state index contributed by atoms with van der Waals surface area (Å²) in [4.78, 5) is 4.03. The maximum atomic E-state index is 4.03. The molecule has 3 heteroatoms. The Hall–Kier alpha value is -1.54. The number of pyridine rings is 1. The highest BCUT2D eigenvalue weighted by molar-refractivity contribution is 5.85. The van der Waals surface area contributed by atoms with Crippen molar-refractivity contribution in [3.8, 4) is 11.1 Å². The molecule has 0 atom stereocenters. The molecule has 2 aromatic rings. The van der Waals surface area contributed by atoms with Crippen LogP contribution in [0.15, 0.2) is 42.7 Å². The first-order valence-corrected chi connectivity index (χ1v) is 5.21. The highest BCUT2D eigenvalue weighted by atomic mass is 35.5. The van der Waals surface area contributed by atoms with E-state index in [9.17, 15) is 0 Å². The van der Waals surface area contributed by atoms with Crippen LogP contribution in [0.25, 0.3) is 11.1 Å². The first-order valence-electron chi connectivity index (χ1n) is 5.21. The van der Waals surface area contributed by atoms with Crippen LogP contribution in [-0.4, -0.2) is 11.5 Å². The Kier molecular flexibility index (Phi) is 3.11. The van der Waals surface area contributed by atoms with E-state index in [-0.39, 0.29) is 12.4 Å². The number of hydrogen-bond donors (Lipinski definition) is 1. The molecule has 2 heterocycles. The van der Waals surface area contributed by atoms with Gasteiger partial charge in [-0.3, -0.25) is 4.98 Å². The largest absolute Gasteiger partial charge is 0.384 e. The van der Waals surface area contributed by atoms with Gasteiger partial charge in [-0.2, -0.15) is 0 Å². The second kappa shape index (κ2) is 4.54. The molecule has 0 saturated carbocycles. The van der Waals surface area contributed by atoms with E-state index in [1.165, 1.54) is 22.4 Å². The number of aromatic nitrogens is 1. The van der Waals surface area contributed by atoms with Crippen molar-refractivity contribution in [1.29, 1.82) is 0 Å². The minimum atomic E-state index is 0. The van der Waals surface area contributed by atoms with Gasteiger partial charge in [-0.15, -0.1) is 12.4 Å². The highest BCUT2D eigenvalue weighted by Gasteiger charge is 2.10. The van der Waals surface area contributed by atoms with Crippen LogP contribution in [-0.2, 0) is 6.42 Å². The van der Waals surface area contributed by atoms with E-state index in [1.807, 2.05) is 24.5 Å². The highest BCUT2D eigenvalue weighted by Crippen LogP contribution is 2.27. The fraction of sp³-hybridized carbons (Fsp3) is 0.154. The van der Waals surface area contributed by atoms with E-state index >= 15 is 0 Å². The molecule has 16 heavy (non-hydrogen) atoms. The summed E-state index contributed by atoms with van der Waals surface area (Å²) in [7, 11) is 0. The van der Waals surface area contributed by atoms with E-state index in [2.05, 4.69) is 28.5 Å². The molecule has 1 aromatic carbocycles. The van der Waals surface area contributed by atoms with Gasteiger partial charge in [-0.1, -0.05) is 6.07 Å². The number of rotatable bonds is 1. The minimum absolute atomic E-state index is 0. The third-order valence-electron chi connectivity index (χ3n) is 2.83. The summed E-state index contributed by atoms with van der Waals surface area (Å²) in [6, 6.07) is 10.7. The molecule has 1 aliphatic heterocycles. The molecule has 0 fully saturated rings. The molecule has 82 valence electrons. The first kappa shape index (κ1) is 11.0. The monoisotopic (exact) mass is 232 g/mol. The molecule has 0 bridgehead atoms. The predicted molar refractivity (Wildman–Crippen MR) is 69.1 cm³/mol. The molecule has 0 saturated heterocycles. The van der Waals surface area contributed by atoms with Crippen LogP contribution in [0.2, 0.25) is 0 Å². The van der Waals surface area contributed by atoms with Crippen LogP contribution in [0.4, 0.5) is 5.69 Å². The fourth-order valence-corrected chi connectivity index (χ4v) is 2.03. The molecule has 1 N–H and O–H groups in total. The lowest BCUT2D eigenvalue weighted by Crippen LogP contribution is -1.90. The average Bonchev–Trinajstić information content (AvgIpc) is 2.77. The number of hydrogen-bond acceptors (Lipinski definition) is 2. The third kappa shape index (κ3) is 1.89. The van der Waals surface area contributed by atoms with Gasteiger partial charge in [-0.25, -0.2) is 0 Å². The maximum Gasteiger partial charge on any atom is 0.0373 e. The number of fused-ring (bicyclic) bond motifs is 1. The van der Waals surface area contributed by atoms with Crippen molar-refractivity contribution < 1.29 is 0 Å². The third-order valence-corrected chi connectivity index (χ3v) is 2.83. The summed E-state index contributed by atoms with van der Waals surface area (Å²) >= 11 is 0. The Morgan fingerprint density at radius 1 is 1.00 bits per heavy atom. The number of anilines is 1. The SMILES string of the molecule is Cl.c1cc(-c2ccc3c(c2)CCN3)ccn1. The summed E-state index contributed by atoms with van der Waals surface area (Å²) in [6.07, 6.45) is 4.80. The molecule has 0 radical (unpaired) electrons.